The average Bonchev–Trinajstić information content (AvgIpc) is 2.34. The molecule has 2 rings (SSSR count). The third-order valence-electron chi connectivity index (χ3n) is 2.31. The third kappa shape index (κ3) is 2.86. The molecular formula is C11H10BrN5O. The molecule has 0 aliphatic heterocycles. The Balaban J connectivity index is 2.18. The van der Waals surface area contributed by atoms with Crippen LogP contribution in [0, 0.1) is 13.8 Å². The maximum Gasteiger partial charge on any atom is 0.258 e. The maximum atomic E-state index is 11.9. The molecule has 1 N–H and O–H groups in total. The zero-order valence-corrected chi connectivity index (χ0v) is 11.4. The molecule has 0 fully saturated rings. The topological polar surface area (TPSA) is 80.7 Å². The summed E-state index contributed by atoms with van der Waals surface area (Å²) in [6, 6.07) is 3.22. The first-order chi connectivity index (χ1) is 8.56. The molecule has 7 heteroatoms. The summed E-state index contributed by atoms with van der Waals surface area (Å²) >= 11 is 3.20. The van der Waals surface area contributed by atoms with E-state index >= 15 is 0 Å². The van der Waals surface area contributed by atoms with E-state index in [0.717, 1.165) is 11.4 Å². The molecule has 2 aromatic rings. The fourth-order valence-electron chi connectivity index (χ4n) is 1.23. The van der Waals surface area contributed by atoms with E-state index in [9.17, 15) is 4.79 Å². The Morgan fingerprint density at radius 2 is 2.06 bits per heavy atom. The highest BCUT2D eigenvalue weighted by Crippen LogP contribution is 2.10. The first-order valence-corrected chi connectivity index (χ1v) is 5.96. The number of nitrogens with one attached hydrogen (secondary N) is 1. The average molecular weight is 308 g/mol. The minimum Gasteiger partial charge on any atom is -0.289 e. The Morgan fingerprint density at radius 3 is 2.72 bits per heavy atom. The van der Waals surface area contributed by atoms with E-state index in [1.54, 1.807) is 25.3 Å². The number of rotatable bonds is 2. The second-order valence-corrected chi connectivity index (χ2v) is 4.44. The van der Waals surface area contributed by atoms with Gasteiger partial charge in [0, 0.05) is 11.8 Å². The first kappa shape index (κ1) is 12.6. The lowest BCUT2D eigenvalue weighted by Gasteiger charge is -2.04. The second kappa shape index (κ2) is 5.18. The number of amides is 1. The van der Waals surface area contributed by atoms with Gasteiger partial charge in [0.15, 0.2) is 0 Å². The first-order valence-electron chi connectivity index (χ1n) is 5.17. The zero-order chi connectivity index (χ0) is 13.1. The van der Waals surface area contributed by atoms with Gasteiger partial charge in [-0.3, -0.25) is 10.1 Å². The van der Waals surface area contributed by atoms with E-state index in [1.165, 1.54) is 0 Å². The smallest absolute Gasteiger partial charge is 0.258 e. The summed E-state index contributed by atoms with van der Waals surface area (Å²) in [5, 5.41) is 10.3. The lowest BCUT2D eigenvalue weighted by molar-refractivity contribution is 0.102. The van der Waals surface area contributed by atoms with E-state index in [4.69, 9.17) is 0 Å². The lowest BCUT2D eigenvalue weighted by Crippen LogP contribution is -2.15. The van der Waals surface area contributed by atoms with E-state index in [-0.39, 0.29) is 11.9 Å². The van der Waals surface area contributed by atoms with Gasteiger partial charge in [0.2, 0.25) is 5.95 Å². The van der Waals surface area contributed by atoms with Gasteiger partial charge in [0.25, 0.3) is 5.91 Å². The molecule has 18 heavy (non-hydrogen) atoms. The number of aromatic nitrogens is 4. The number of pyridine rings is 1. The molecule has 0 atom stereocenters. The molecule has 1 amide bonds. The van der Waals surface area contributed by atoms with Crippen LogP contribution in [-0.4, -0.2) is 26.1 Å². The van der Waals surface area contributed by atoms with Crippen LogP contribution in [0.5, 0.6) is 0 Å². The van der Waals surface area contributed by atoms with Gasteiger partial charge in [0.05, 0.1) is 11.4 Å². The highest BCUT2D eigenvalue weighted by Gasteiger charge is 2.09. The Kier molecular flexibility index (Phi) is 3.61. The SMILES string of the molecule is Cc1nnc(NC(=O)c2ccnc(Br)c2)nc1C. The van der Waals surface area contributed by atoms with Gasteiger partial charge < -0.3 is 0 Å². The number of anilines is 1. The maximum absolute atomic E-state index is 11.9. The van der Waals surface area contributed by atoms with Crippen molar-refractivity contribution in [2.45, 2.75) is 13.8 Å². The molecule has 2 heterocycles. The molecule has 0 aliphatic carbocycles. The fourth-order valence-corrected chi connectivity index (χ4v) is 1.59. The largest absolute Gasteiger partial charge is 0.289 e. The van der Waals surface area contributed by atoms with Crippen LogP contribution >= 0.6 is 15.9 Å². The van der Waals surface area contributed by atoms with E-state index in [0.29, 0.717) is 10.2 Å². The molecule has 0 radical (unpaired) electrons. The van der Waals surface area contributed by atoms with Crippen LogP contribution in [-0.2, 0) is 0 Å². The quantitative estimate of drug-likeness (QED) is 0.857. The summed E-state index contributed by atoms with van der Waals surface area (Å²) in [5.41, 5.74) is 1.94. The molecule has 6 nitrogen and oxygen atoms in total. The van der Waals surface area contributed by atoms with E-state index < -0.39 is 0 Å². The normalized spacial score (nSPS) is 10.2. The predicted molar refractivity (Wildman–Crippen MR) is 69.2 cm³/mol. The van der Waals surface area contributed by atoms with Gasteiger partial charge in [-0.25, -0.2) is 9.97 Å². The van der Waals surface area contributed by atoms with Crippen molar-refractivity contribution < 1.29 is 4.79 Å². The minimum atomic E-state index is -0.303. The number of hydrogen-bond donors (Lipinski definition) is 1. The van der Waals surface area contributed by atoms with Crippen LogP contribution in [0.15, 0.2) is 22.9 Å². The van der Waals surface area contributed by atoms with Crippen molar-refractivity contribution >= 4 is 27.8 Å². The summed E-state index contributed by atoms with van der Waals surface area (Å²) in [4.78, 5) is 20.0. The van der Waals surface area contributed by atoms with Crippen LogP contribution < -0.4 is 5.32 Å². The standard InChI is InChI=1S/C11H10BrN5O/c1-6-7(2)16-17-11(14-6)15-10(18)8-3-4-13-9(12)5-8/h3-5H,1-2H3,(H,14,15,17,18). The highest BCUT2D eigenvalue weighted by atomic mass is 79.9. The summed E-state index contributed by atoms with van der Waals surface area (Å²) in [6.07, 6.45) is 1.54. The van der Waals surface area contributed by atoms with E-state index in [1.807, 2.05) is 6.92 Å². The molecule has 0 saturated carbocycles. The van der Waals surface area contributed by atoms with Crippen LogP contribution in [0.4, 0.5) is 5.95 Å². The van der Waals surface area contributed by atoms with Crippen molar-refractivity contribution in [2.75, 3.05) is 5.32 Å². The number of halogens is 1. The van der Waals surface area contributed by atoms with Crippen molar-refractivity contribution in [3.05, 3.63) is 39.9 Å². The number of hydrogen-bond acceptors (Lipinski definition) is 5. The molecule has 2 aromatic heterocycles. The van der Waals surface area contributed by atoms with Gasteiger partial charge in [-0.05, 0) is 41.9 Å². The summed E-state index contributed by atoms with van der Waals surface area (Å²) in [6.45, 7) is 3.61. The predicted octanol–water partition coefficient (Wildman–Crippen LogP) is 1.90. The Bertz CT molecular complexity index is 602. The van der Waals surface area contributed by atoms with E-state index in [2.05, 4.69) is 41.4 Å². The molecule has 0 saturated heterocycles. The molecule has 0 bridgehead atoms. The van der Waals surface area contributed by atoms with Crippen LogP contribution in [0.2, 0.25) is 0 Å². The summed E-state index contributed by atoms with van der Waals surface area (Å²) in [5.74, 6) is -0.112. The lowest BCUT2D eigenvalue weighted by atomic mass is 10.2. The molecule has 0 aromatic carbocycles. The van der Waals surface area contributed by atoms with Gasteiger partial charge in [-0.15, -0.1) is 5.10 Å². The van der Waals surface area contributed by atoms with Crippen molar-refractivity contribution in [3.8, 4) is 0 Å². The van der Waals surface area contributed by atoms with Gasteiger partial charge in [-0.2, -0.15) is 5.10 Å². The van der Waals surface area contributed by atoms with Crippen LogP contribution in [0.1, 0.15) is 21.7 Å². The highest BCUT2D eigenvalue weighted by molar-refractivity contribution is 9.10. The molecule has 0 unspecified atom stereocenters. The minimum absolute atomic E-state index is 0.191. The monoisotopic (exact) mass is 307 g/mol. The van der Waals surface area contributed by atoms with Gasteiger partial charge in [0.1, 0.15) is 4.60 Å². The fraction of sp³-hybridized carbons (Fsp3) is 0.182. The van der Waals surface area contributed by atoms with Crippen LogP contribution in [0.25, 0.3) is 0 Å². The van der Waals surface area contributed by atoms with Gasteiger partial charge >= 0.3 is 0 Å². The van der Waals surface area contributed by atoms with Crippen LogP contribution in [0.3, 0.4) is 0 Å². The summed E-state index contributed by atoms with van der Waals surface area (Å²) in [7, 11) is 0. The second-order valence-electron chi connectivity index (χ2n) is 3.63. The summed E-state index contributed by atoms with van der Waals surface area (Å²) < 4.78 is 0.592. The van der Waals surface area contributed by atoms with Crippen molar-refractivity contribution in [1.82, 2.24) is 20.2 Å². The van der Waals surface area contributed by atoms with Crippen molar-refractivity contribution in [2.24, 2.45) is 0 Å². The molecular weight excluding hydrogens is 298 g/mol. The van der Waals surface area contributed by atoms with Crippen molar-refractivity contribution in [1.29, 1.82) is 0 Å². The third-order valence-corrected chi connectivity index (χ3v) is 2.74. The number of carbonyl (C=O) groups is 1. The Labute approximate surface area is 112 Å². The number of nitrogens with zero attached hydrogens (tertiary/aromatic N) is 4. The zero-order valence-electron chi connectivity index (χ0n) is 9.81. The molecule has 0 spiro atoms. The number of carbonyl (C=O) groups excluding carboxylic acids is 1. The molecule has 0 aliphatic rings. The van der Waals surface area contributed by atoms with Gasteiger partial charge in [-0.1, -0.05) is 0 Å². The Morgan fingerprint density at radius 1 is 1.28 bits per heavy atom. The van der Waals surface area contributed by atoms with Crippen molar-refractivity contribution in [3.63, 3.8) is 0 Å². The molecule has 92 valence electrons. The Hall–Kier alpha value is -1.89. The number of aryl methyl sites for hydroxylation is 2.